The summed E-state index contributed by atoms with van der Waals surface area (Å²) in [7, 11) is 0. The van der Waals surface area contributed by atoms with Crippen LogP contribution in [0.25, 0.3) is 0 Å². The van der Waals surface area contributed by atoms with E-state index in [1.807, 2.05) is 24.3 Å². The molecule has 1 aromatic heterocycles. The molecule has 2 aromatic carbocycles. The molecule has 0 aliphatic carbocycles. The Morgan fingerprint density at radius 2 is 1.75 bits per heavy atom. The molecule has 0 N–H and O–H groups in total. The second-order valence-corrected chi connectivity index (χ2v) is 7.73. The molecule has 2 heterocycles. The van der Waals surface area contributed by atoms with Gasteiger partial charge in [0.1, 0.15) is 11.6 Å². The van der Waals surface area contributed by atoms with Crippen molar-refractivity contribution in [1.29, 1.82) is 0 Å². The number of aryl methyl sites for hydroxylation is 1. The van der Waals surface area contributed by atoms with Crippen molar-refractivity contribution in [1.82, 2.24) is 9.97 Å². The highest BCUT2D eigenvalue weighted by atomic mass is 35.5. The van der Waals surface area contributed by atoms with Crippen molar-refractivity contribution < 1.29 is 0 Å². The van der Waals surface area contributed by atoms with Crippen molar-refractivity contribution in [3.05, 3.63) is 87.3 Å². The Balaban J connectivity index is 0.00000225. The lowest BCUT2D eigenvalue weighted by Gasteiger charge is -2.37. The minimum absolute atomic E-state index is 0. The molecule has 3 nitrogen and oxygen atoms in total. The highest BCUT2D eigenvalue weighted by Crippen LogP contribution is 2.34. The lowest BCUT2D eigenvalue weighted by Crippen LogP contribution is -2.35. The van der Waals surface area contributed by atoms with E-state index in [0.29, 0.717) is 12.5 Å². The normalized spacial score (nSPS) is 15.7. The first-order valence-electron chi connectivity index (χ1n) is 9.46. The van der Waals surface area contributed by atoms with Gasteiger partial charge in [-0.15, -0.1) is 12.4 Å². The van der Waals surface area contributed by atoms with Crippen molar-refractivity contribution in [2.75, 3.05) is 11.4 Å². The number of halogens is 2. The van der Waals surface area contributed by atoms with Gasteiger partial charge in [0.2, 0.25) is 0 Å². The largest absolute Gasteiger partial charge is 0.349 e. The molecule has 0 bridgehead atoms. The summed E-state index contributed by atoms with van der Waals surface area (Å²) < 4.78 is 0. The Morgan fingerprint density at radius 3 is 2.50 bits per heavy atom. The molecule has 0 amide bonds. The average molecular weight is 414 g/mol. The van der Waals surface area contributed by atoms with Crippen LogP contribution in [0.15, 0.2) is 48.5 Å². The van der Waals surface area contributed by atoms with Crippen LogP contribution in [0.5, 0.6) is 0 Å². The summed E-state index contributed by atoms with van der Waals surface area (Å²) in [4.78, 5) is 12.2. The third kappa shape index (κ3) is 4.01. The summed E-state index contributed by atoms with van der Waals surface area (Å²) in [6.07, 6.45) is 1.76. The highest BCUT2D eigenvalue weighted by Gasteiger charge is 2.26. The molecule has 1 aliphatic rings. The lowest BCUT2D eigenvalue weighted by molar-refractivity contribution is 0.612. The third-order valence-electron chi connectivity index (χ3n) is 5.55. The molecule has 0 saturated heterocycles. The van der Waals surface area contributed by atoms with Crippen LogP contribution in [0.2, 0.25) is 5.02 Å². The van der Waals surface area contributed by atoms with E-state index in [1.54, 1.807) is 0 Å². The highest BCUT2D eigenvalue weighted by molar-refractivity contribution is 6.30. The minimum atomic E-state index is 0. The van der Waals surface area contributed by atoms with Crippen molar-refractivity contribution in [3.63, 3.8) is 0 Å². The molecule has 146 valence electrons. The predicted molar refractivity (Wildman–Crippen MR) is 119 cm³/mol. The number of anilines is 1. The topological polar surface area (TPSA) is 29.0 Å². The fourth-order valence-electron chi connectivity index (χ4n) is 3.88. The summed E-state index contributed by atoms with van der Waals surface area (Å²) >= 11 is 6.01. The molecule has 1 atom stereocenters. The molecule has 3 aromatic rings. The zero-order valence-electron chi connectivity index (χ0n) is 16.4. The molecular formula is C23H25Cl2N3. The maximum absolute atomic E-state index is 6.01. The Kier molecular flexibility index (Phi) is 6.26. The van der Waals surface area contributed by atoms with Gasteiger partial charge >= 0.3 is 0 Å². The van der Waals surface area contributed by atoms with Crippen molar-refractivity contribution in [2.45, 2.75) is 39.7 Å². The van der Waals surface area contributed by atoms with Crippen LogP contribution in [0.1, 0.15) is 46.7 Å². The van der Waals surface area contributed by atoms with Crippen LogP contribution in [0, 0.1) is 13.8 Å². The van der Waals surface area contributed by atoms with Gasteiger partial charge < -0.3 is 4.90 Å². The van der Waals surface area contributed by atoms with Gasteiger partial charge in [0, 0.05) is 29.2 Å². The van der Waals surface area contributed by atoms with Gasteiger partial charge in [0.25, 0.3) is 0 Å². The monoisotopic (exact) mass is 413 g/mol. The molecule has 0 radical (unpaired) electrons. The number of aromatic nitrogens is 2. The molecule has 1 aliphatic heterocycles. The van der Waals surface area contributed by atoms with E-state index < -0.39 is 0 Å². The van der Waals surface area contributed by atoms with Gasteiger partial charge in [0.05, 0.1) is 6.04 Å². The van der Waals surface area contributed by atoms with Crippen LogP contribution < -0.4 is 4.90 Å². The van der Waals surface area contributed by atoms with Gasteiger partial charge in [-0.25, -0.2) is 9.97 Å². The minimum Gasteiger partial charge on any atom is -0.349 e. The van der Waals surface area contributed by atoms with Crippen LogP contribution in [-0.4, -0.2) is 16.5 Å². The Hall–Kier alpha value is -2.10. The first-order chi connectivity index (χ1) is 13.0. The number of hydrogen-bond acceptors (Lipinski definition) is 3. The SMILES string of the molecule is Cc1nc(Cc2ccc(Cl)cc2)nc(N2CCc3ccccc3[C@H]2C)c1C.Cl. The maximum Gasteiger partial charge on any atom is 0.136 e. The molecule has 0 fully saturated rings. The number of hydrogen-bond donors (Lipinski definition) is 0. The number of fused-ring (bicyclic) bond motifs is 1. The summed E-state index contributed by atoms with van der Waals surface area (Å²) in [5, 5.41) is 0.751. The van der Waals surface area contributed by atoms with Crippen LogP contribution in [-0.2, 0) is 12.8 Å². The van der Waals surface area contributed by atoms with E-state index in [0.717, 1.165) is 35.3 Å². The van der Waals surface area contributed by atoms with Crippen LogP contribution in [0.3, 0.4) is 0 Å². The smallest absolute Gasteiger partial charge is 0.136 e. The summed E-state index contributed by atoms with van der Waals surface area (Å²) in [6.45, 7) is 7.46. The first-order valence-corrected chi connectivity index (χ1v) is 9.83. The Labute approximate surface area is 178 Å². The van der Waals surface area contributed by atoms with Gasteiger partial charge in [-0.05, 0) is 56.0 Å². The lowest BCUT2D eigenvalue weighted by atomic mass is 9.93. The van der Waals surface area contributed by atoms with E-state index in [2.05, 4.69) is 49.9 Å². The summed E-state index contributed by atoms with van der Waals surface area (Å²) in [5.74, 6) is 1.93. The van der Waals surface area contributed by atoms with Crippen LogP contribution in [0.4, 0.5) is 5.82 Å². The molecule has 0 spiro atoms. The average Bonchev–Trinajstić information content (AvgIpc) is 2.67. The molecule has 0 saturated carbocycles. The van der Waals surface area contributed by atoms with E-state index >= 15 is 0 Å². The zero-order valence-corrected chi connectivity index (χ0v) is 18.0. The van der Waals surface area contributed by atoms with E-state index in [1.165, 1.54) is 22.3 Å². The zero-order chi connectivity index (χ0) is 19.0. The summed E-state index contributed by atoms with van der Waals surface area (Å²) in [6, 6.07) is 17.0. The second-order valence-electron chi connectivity index (χ2n) is 7.30. The van der Waals surface area contributed by atoms with Gasteiger partial charge in [-0.1, -0.05) is 48.0 Å². The molecule has 0 unspecified atom stereocenters. The molecular weight excluding hydrogens is 389 g/mol. The number of rotatable bonds is 3. The first kappa shape index (κ1) is 20.6. The second kappa shape index (κ2) is 8.50. The predicted octanol–water partition coefficient (Wildman–Crippen LogP) is 5.88. The number of benzene rings is 2. The van der Waals surface area contributed by atoms with Gasteiger partial charge in [-0.3, -0.25) is 0 Å². The standard InChI is InChI=1S/C23H24ClN3.ClH/c1-15-16(2)25-22(14-18-8-10-20(24)11-9-18)26-23(15)27-13-12-19-6-4-5-7-21(19)17(27)3;/h4-11,17H,12-14H2,1-3H3;1H/t17-;/m1./s1. The summed E-state index contributed by atoms with van der Waals surface area (Å²) in [5.41, 5.74) is 6.24. The Bertz CT molecular complexity index is 970. The van der Waals surface area contributed by atoms with Crippen molar-refractivity contribution in [3.8, 4) is 0 Å². The molecule has 28 heavy (non-hydrogen) atoms. The molecule has 4 rings (SSSR count). The van der Waals surface area contributed by atoms with Crippen molar-refractivity contribution in [2.24, 2.45) is 0 Å². The fourth-order valence-corrected chi connectivity index (χ4v) is 4.00. The van der Waals surface area contributed by atoms with E-state index in [-0.39, 0.29) is 12.4 Å². The van der Waals surface area contributed by atoms with Crippen LogP contribution >= 0.6 is 24.0 Å². The Morgan fingerprint density at radius 1 is 1.04 bits per heavy atom. The number of nitrogens with zero attached hydrogens (tertiary/aromatic N) is 3. The van der Waals surface area contributed by atoms with Gasteiger partial charge in [-0.2, -0.15) is 0 Å². The van der Waals surface area contributed by atoms with E-state index in [4.69, 9.17) is 21.6 Å². The van der Waals surface area contributed by atoms with E-state index in [9.17, 15) is 0 Å². The van der Waals surface area contributed by atoms with Crippen molar-refractivity contribution >= 4 is 29.8 Å². The fraction of sp³-hybridized carbons (Fsp3) is 0.304. The van der Waals surface area contributed by atoms with Gasteiger partial charge in [0.15, 0.2) is 0 Å². The third-order valence-corrected chi connectivity index (χ3v) is 5.80. The quantitative estimate of drug-likeness (QED) is 0.536. The maximum atomic E-state index is 6.01. The molecule has 5 heteroatoms.